The Morgan fingerprint density at radius 2 is 2.00 bits per heavy atom. The molecular weight excluding hydrogens is 290 g/mol. The van der Waals surface area contributed by atoms with Gasteiger partial charge in [0.15, 0.2) is 0 Å². The van der Waals surface area contributed by atoms with Crippen LogP contribution in [0.15, 0.2) is 0 Å². The van der Waals surface area contributed by atoms with Gasteiger partial charge in [-0.05, 0) is 0 Å². The number of nitrogens with zero attached hydrogens (tertiary/aromatic N) is 1. The molecule has 1 unspecified atom stereocenters. The lowest BCUT2D eigenvalue weighted by molar-refractivity contribution is -0.102. The van der Waals surface area contributed by atoms with Gasteiger partial charge in [0.25, 0.3) is 0 Å². The van der Waals surface area contributed by atoms with Crippen molar-refractivity contribution < 1.29 is 31.9 Å². The average Bonchev–Trinajstić information content (AvgIpc) is 2.37. The fourth-order valence-corrected chi connectivity index (χ4v) is 2.46. The summed E-state index contributed by atoms with van der Waals surface area (Å²) in [6.45, 7) is 3.68. The van der Waals surface area contributed by atoms with Crippen molar-refractivity contribution in [1.82, 2.24) is 4.90 Å². The van der Waals surface area contributed by atoms with Crippen molar-refractivity contribution in [2.45, 2.75) is 6.10 Å². The van der Waals surface area contributed by atoms with Gasteiger partial charge in [0, 0.05) is 26.7 Å². The van der Waals surface area contributed by atoms with Crippen molar-refractivity contribution in [3.05, 3.63) is 0 Å². The first-order valence-electron chi connectivity index (χ1n) is 6.43. The Hall–Kier alpha value is -0.290. The minimum atomic E-state index is -4.33. The molecule has 1 fully saturated rings. The average molecular weight is 312 g/mol. The highest BCUT2D eigenvalue weighted by atomic mass is 32.2. The fraction of sp³-hybridized carbons (Fsp3) is 1.00. The van der Waals surface area contributed by atoms with E-state index in [-0.39, 0.29) is 6.79 Å². The van der Waals surface area contributed by atoms with Crippen LogP contribution in [-0.4, -0.2) is 89.7 Å². The Labute approximate surface area is 119 Å². The summed E-state index contributed by atoms with van der Waals surface area (Å²) in [5.74, 6) is -0.558. The van der Waals surface area contributed by atoms with Crippen LogP contribution in [0.3, 0.4) is 0 Å². The number of ether oxygens (including phenoxy) is 4. The van der Waals surface area contributed by atoms with Gasteiger partial charge in [0.2, 0.25) is 0 Å². The molecule has 1 aliphatic heterocycles. The summed E-state index contributed by atoms with van der Waals surface area (Å²) in [5, 5.41) is 0. The highest BCUT2D eigenvalue weighted by Crippen LogP contribution is 2.04. The van der Waals surface area contributed by atoms with E-state index < -0.39 is 22.0 Å². The number of morpholine rings is 1. The normalized spacial score (nSPS) is 19.1. The summed E-state index contributed by atoms with van der Waals surface area (Å²) < 4.78 is 53.1. The quantitative estimate of drug-likeness (QED) is 0.284. The van der Waals surface area contributed by atoms with Crippen LogP contribution >= 0.6 is 0 Å². The Kier molecular flexibility index (Phi) is 8.53. The standard InChI is InChI=1S/C11H23NO7S/c1-16-6-7-18-10-19-11(9-20(13,14)15)8-12-2-4-17-5-3-12/h11H,2-10H2,1H3,(H,13,14,15)/p-1. The zero-order valence-electron chi connectivity index (χ0n) is 11.7. The summed E-state index contributed by atoms with van der Waals surface area (Å²) in [5.41, 5.74) is 0. The van der Waals surface area contributed by atoms with Gasteiger partial charge in [0.1, 0.15) is 6.79 Å². The number of rotatable bonds is 10. The summed E-state index contributed by atoms with van der Waals surface area (Å²) >= 11 is 0. The second-order valence-electron chi connectivity index (χ2n) is 4.44. The molecule has 0 N–H and O–H groups in total. The third-order valence-electron chi connectivity index (χ3n) is 2.77. The summed E-state index contributed by atoms with van der Waals surface area (Å²) in [4.78, 5) is 2.01. The first kappa shape index (κ1) is 17.8. The van der Waals surface area contributed by atoms with Crippen molar-refractivity contribution in [3.63, 3.8) is 0 Å². The van der Waals surface area contributed by atoms with Crippen LogP contribution in [0.4, 0.5) is 0 Å². The molecule has 0 aromatic carbocycles. The van der Waals surface area contributed by atoms with Gasteiger partial charge in [-0.2, -0.15) is 0 Å². The molecule has 1 rings (SSSR count). The van der Waals surface area contributed by atoms with Gasteiger partial charge in [-0.15, -0.1) is 0 Å². The molecule has 9 heteroatoms. The van der Waals surface area contributed by atoms with Crippen LogP contribution < -0.4 is 0 Å². The Bertz CT molecular complexity index is 343. The van der Waals surface area contributed by atoms with E-state index in [2.05, 4.69) is 0 Å². The van der Waals surface area contributed by atoms with E-state index in [0.717, 1.165) is 0 Å². The summed E-state index contributed by atoms with van der Waals surface area (Å²) in [6, 6.07) is 0. The molecule has 0 aliphatic carbocycles. The van der Waals surface area contributed by atoms with Gasteiger partial charge in [-0.3, -0.25) is 4.90 Å². The molecule has 1 saturated heterocycles. The van der Waals surface area contributed by atoms with Crippen LogP contribution in [0.2, 0.25) is 0 Å². The third kappa shape index (κ3) is 8.80. The summed E-state index contributed by atoms with van der Waals surface area (Å²) in [7, 11) is -2.78. The molecule has 1 atom stereocenters. The first-order chi connectivity index (χ1) is 9.51. The Morgan fingerprint density at radius 1 is 1.30 bits per heavy atom. The maximum atomic E-state index is 10.9. The van der Waals surface area contributed by atoms with E-state index >= 15 is 0 Å². The van der Waals surface area contributed by atoms with Crippen LogP contribution in [0.25, 0.3) is 0 Å². The molecule has 0 saturated carbocycles. The maximum absolute atomic E-state index is 10.9. The van der Waals surface area contributed by atoms with E-state index in [1.165, 1.54) is 0 Å². The van der Waals surface area contributed by atoms with Gasteiger partial charge in [-0.1, -0.05) is 0 Å². The van der Waals surface area contributed by atoms with Crippen LogP contribution in [0, 0.1) is 0 Å². The topological polar surface area (TPSA) is 97.4 Å². The summed E-state index contributed by atoms with van der Waals surface area (Å²) in [6.07, 6.45) is -0.696. The lowest BCUT2D eigenvalue weighted by Gasteiger charge is -2.30. The third-order valence-corrected chi connectivity index (χ3v) is 3.55. The fourth-order valence-electron chi connectivity index (χ4n) is 1.80. The van der Waals surface area contributed by atoms with Gasteiger partial charge < -0.3 is 23.5 Å². The van der Waals surface area contributed by atoms with E-state index in [4.69, 9.17) is 18.9 Å². The monoisotopic (exact) mass is 312 g/mol. The van der Waals surface area contributed by atoms with Crippen LogP contribution in [-0.2, 0) is 29.1 Å². The SMILES string of the molecule is COCCOCOC(CN1CCOCC1)CS(=O)(=O)[O-]. The van der Waals surface area contributed by atoms with Gasteiger partial charge in [-0.25, -0.2) is 8.42 Å². The maximum Gasteiger partial charge on any atom is 0.147 e. The van der Waals surface area contributed by atoms with E-state index in [9.17, 15) is 13.0 Å². The van der Waals surface area contributed by atoms with Crippen molar-refractivity contribution in [3.8, 4) is 0 Å². The van der Waals surface area contributed by atoms with E-state index in [1.54, 1.807) is 7.11 Å². The largest absolute Gasteiger partial charge is 0.748 e. The number of methoxy groups -OCH3 is 1. The number of hydrogen-bond donors (Lipinski definition) is 0. The molecular formula is C11H22NO7S-. The minimum absolute atomic E-state index is 0.0616. The van der Waals surface area contributed by atoms with Crippen molar-refractivity contribution in [1.29, 1.82) is 0 Å². The lowest BCUT2D eigenvalue weighted by atomic mass is 10.3. The predicted octanol–water partition coefficient (Wildman–Crippen LogP) is -1.13. The molecule has 0 bridgehead atoms. The molecule has 1 aliphatic rings. The van der Waals surface area contributed by atoms with Crippen molar-refractivity contribution >= 4 is 10.1 Å². The molecule has 0 spiro atoms. The van der Waals surface area contributed by atoms with E-state index in [0.29, 0.717) is 46.1 Å². The zero-order valence-corrected chi connectivity index (χ0v) is 12.5. The minimum Gasteiger partial charge on any atom is -0.748 e. The molecule has 1 heterocycles. The molecule has 0 aromatic heterocycles. The highest BCUT2D eigenvalue weighted by Gasteiger charge is 2.19. The number of hydrogen-bond acceptors (Lipinski definition) is 8. The molecule has 120 valence electrons. The second kappa shape index (κ2) is 9.61. The predicted molar refractivity (Wildman–Crippen MR) is 69.4 cm³/mol. The zero-order chi connectivity index (χ0) is 14.8. The second-order valence-corrected chi connectivity index (χ2v) is 5.89. The molecule has 0 amide bonds. The molecule has 0 radical (unpaired) electrons. The van der Waals surface area contributed by atoms with Crippen LogP contribution in [0.5, 0.6) is 0 Å². The van der Waals surface area contributed by atoms with E-state index in [1.807, 2.05) is 4.90 Å². The van der Waals surface area contributed by atoms with Crippen molar-refractivity contribution in [2.24, 2.45) is 0 Å². The first-order valence-corrected chi connectivity index (χ1v) is 8.01. The highest BCUT2D eigenvalue weighted by molar-refractivity contribution is 7.85. The molecule has 20 heavy (non-hydrogen) atoms. The lowest BCUT2D eigenvalue weighted by Crippen LogP contribution is -2.44. The van der Waals surface area contributed by atoms with Crippen LogP contribution in [0.1, 0.15) is 0 Å². The van der Waals surface area contributed by atoms with Crippen molar-refractivity contribution in [2.75, 3.05) is 65.7 Å². The van der Waals surface area contributed by atoms with Gasteiger partial charge in [0.05, 0.1) is 48.4 Å². The Balaban J connectivity index is 2.34. The molecule has 8 nitrogen and oxygen atoms in total. The Morgan fingerprint density at radius 3 is 2.60 bits per heavy atom. The smallest absolute Gasteiger partial charge is 0.147 e. The van der Waals surface area contributed by atoms with Gasteiger partial charge >= 0.3 is 0 Å². The molecule has 0 aromatic rings.